The molecule has 98 valence electrons. The van der Waals surface area contributed by atoms with Crippen molar-refractivity contribution < 1.29 is 23.6 Å². The van der Waals surface area contributed by atoms with Crippen LogP contribution in [0.25, 0.3) is 0 Å². The first-order valence-corrected chi connectivity index (χ1v) is 6.68. The van der Waals surface area contributed by atoms with Gasteiger partial charge in [-0.1, -0.05) is 6.58 Å². The molecule has 0 radical (unpaired) electrons. The normalized spacial score (nSPS) is 13.0. The summed E-state index contributed by atoms with van der Waals surface area (Å²) in [5.74, 6) is -0.501. The standard InChI is InChI=1S/C11H21NO4P/c1-6-10(13)16-7-8-17(14)11(15-5)9-12(2,3)4/h6H,1,7-9H2,2-5H3/q+1. The minimum atomic E-state index is -1.63. The number of rotatable bonds is 7. The Morgan fingerprint density at radius 2 is 2.06 bits per heavy atom. The predicted octanol–water partition coefficient (Wildman–Crippen LogP) is -0.0447. The zero-order chi connectivity index (χ0) is 13.5. The van der Waals surface area contributed by atoms with Crippen LogP contribution in [0.15, 0.2) is 12.7 Å². The van der Waals surface area contributed by atoms with Crippen LogP contribution < -0.4 is 4.89 Å². The number of esters is 1. The van der Waals surface area contributed by atoms with Crippen molar-refractivity contribution in [1.29, 1.82) is 0 Å². The first kappa shape index (κ1) is 16.3. The Balaban J connectivity index is 4.34. The highest BCUT2D eigenvalue weighted by molar-refractivity contribution is 7.51. The van der Waals surface area contributed by atoms with E-state index in [0.29, 0.717) is 16.5 Å². The van der Waals surface area contributed by atoms with Crippen LogP contribution in [-0.2, 0) is 14.3 Å². The lowest BCUT2D eigenvalue weighted by Gasteiger charge is -2.23. The highest BCUT2D eigenvalue weighted by Crippen LogP contribution is 2.15. The van der Waals surface area contributed by atoms with Crippen LogP contribution >= 0.6 is 7.77 Å². The van der Waals surface area contributed by atoms with E-state index in [4.69, 9.17) is 9.47 Å². The Kier molecular flexibility index (Phi) is 7.23. The fraction of sp³-hybridized carbons (Fsp3) is 0.636. The van der Waals surface area contributed by atoms with Crippen LogP contribution in [0.5, 0.6) is 0 Å². The van der Waals surface area contributed by atoms with Gasteiger partial charge in [0.1, 0.15) is 12.8 Å². The van der Waals surface area contributed by atoms with E-state index < -0.39 is 13.7 Å². The molecule has 0 spiro atoms. The van der Waals surface area contributed by atoms with Crippen LogP contribution in [0.4, 0.5) is 0 Å². The van der Waals surface area contributed by atoms with Crippen molar-refractivity contribution in [3.8, 4) is 0 Å². The number of carbonyl (C=O) groups is 1. The van der Waals surface area contributed by atoms with E-state index in [-0.39, 0.29) is 12.8 Å². The largest absolute Gasteiger partial charge is 0.628 e. The van der Waals surface area contributed by atoms with Gasteiger partial charge < -0.3 is 18.9 Å². The summed E-state index contributed by atoms with van der Waals surface area (Å²) in [6.07, 6.45) is 1.36. The third kappa shape index (κ3) is 8.05. The molecule has 0 aromatic heterocycles. The second-order valence-electron chi connectivity index (χ2n) is 4.52. The highest BCUT2D eigenvalue weighted by atomic mass is 31.1. The number of quaternary nitrogens is 1. The molecule has 0 heterocycles. The summed E-state index contributed by atoms with van der Waals surface area (Å²) in [6, 6.07) is 0. The first-order valence-electron chi connectivity index (χ1n) is 5.24. The minimum absolute atomic E-state index is 0.115. The molecule has 0 saturated carbocycles. The predicted molar refractivity (Wildman–Crippen MR) is 67.9 cm³/mol. The molecule has 0 amide bonds. The van der Waals surface area contributed by atoms with Gasteiger partial charge in [0.25, 0.3) is 5.48 Å². The van der Waals surface area contributed by atoms with Gasteiger partial charge in [-0.05, 0) is 0 Å². The summed E-state index contributed by atoms with van der Waals surface area (Å²) in [4.78, 5) is 22.7. The number of nitrogens with zero attached hydrogens (tertiary/aromatic N) is 1. The molecule has 0 aliphatic carbocycles. The fourth-order valence-electron chi connectivity index (χ4n) is 1.06. The van der Waals surface area contributed by atoms with Crippen molar-refractivity contribution in [2.24, 2.45) is 0 Å². The molecule has 0 fully saturated rings. The third-order valence-electron chi connectivity index (χ3n) is 1.83. The maximum absolute atomic E-state index is 11.9. The van der Waals surface area contributed by atoms with Gasteiger partial charge >= 0.3 is 5.97 Å². The van der Waals surface area contributed by atoms with E-state index in [1.807, 2.05) is 21.1 Å². The first-order chi connectivity index (χ1) is 7.80. The molecular formula is C11H21NO4P+. The number of carbonyl (C=O) groups excluding carboxylic acids is 1. The Hall–Kier alpha value is -0.740. The molecule has 0 aromatic rings. The molecule has 0 aliphatic rings. The SMILES string of the molecule is C=CC(=O)OCC/[P+]([O-])=C(/C[N+](C)(C)C)OC. The Labute approximate surface area is 104 Å². The van der Waals surface area contributed by atoms with Gasteiger partial charge in [0.2, 0.25) is 0 Å². The van der Waals surface area contributed by atoms with E-state index in [9.17, 15) is 9.69 Å². The van der Waals surface area contributed by atoms with E-state index >= 15 is 0 Å². The van der Waals surface area contributed by atoms with E-state index in [0.717, 1.165) is 6.08 Å². The van der Waals surface area contributed by atoms with Crippen molar-refractivity contribution in [2.45, 2.75) is 0 Å². The second kappa shape index (κ2) is 7.56. The number of hydrogen-bond donors (Lipinski definition) is 0. The molecule has 0 aromatic carbocycles. The van der Waals surface area contributed by atoms with Crippen LogP contribution in [0.1, 0.15) is 0 Å². The second-order valence-corrected chi connectivity index (χ2v) is 6.22. The summed E-state index contributed by atoms with van der Waals surface area (Å²) in [6.45, 7) is 3.96. The molecule has 0 bridgehead atoms. The van der Waals surface area contributed by atoms with Crippen LogP contribution in [-0.4, -0.2) is 63.5 Å². The van der Waals surface area contributed by atoms with Crippen molar-refractivity contribution in [3.05, 3.63) is 12.7 Å². The lowest BCUT2D eigenvalue weighted by molar-refractivity contribution is -0.861. The van der Waals surface area contributed by atoms with Gasteiger partial charge in [-0.2, -0.15) is 0 Å². The van der Waals surface area contributed by atoms with Gasteiger partial charge in [0, 0.05) is 13.2 Å². The van der Waals surface area contributed by atoms with E-state index in [1.54, 1.807) is 0 Å². The van der Waals surface area contributed by atoms with Crippen LogP contribution in [0.3, 0.4) is 0 Å². The monoisotopic (exact) mass is 262 g/mol. The number of hydrogen-bond acceptors (Lipinski definition) is 4. The van der Waals surface area contributed by atoms with Gasteiger partial charge in [-0.15, -0.1) is 0 Å². The third-order valence-corrected chi connectivity index (χ3v) is 3.30. The fourth-order valence-corrected chi connectivity index (χ4v) is 2.36. The minimum Gasteiger partial charge on any atom is -0.628 e. The van der Waals surface area contributed by atoms with Crippen molar-refractivity contribution in [3.63, 3.8) is 0 Å². The van der Waals surface area contributed by atoms with Gasteiger partial charge in [0.15, 0.2) is 6.54 Å². The number of methoxy groups -OCH3 is 1. The summed E-state index contributed by atoms with van der Waals surface area (Å²) >= 11 is 0. The summed E-state index contributed by atoms with van der Waals surface area (Å²) in [5.41, 5.74) is 0.544. The Morgan fingerprint density at radius 3 is 2.47 bits per heavy atom. The van der Waals surface area contributed by atoms with E-state index in [1.165, 1.54) is 7.11 Å². The lowest BCUT2D eigenvalue weighted by Crippen LogP contribution is -2.40. The average molecular weight is 262 g/mol. The number of likely N-dealkylation sites (N-methyl/N-ethyl adjacent to an activating group) is 1. The zero-order valence-corrected chi connectivity index (χ0v) is 11.8. The Morgan fingerprint density at radius 1 is 1.47 bits per heavy atom. The van der Waals surface area contributed by atoms with Crippen molar-refractivity contribution >= 4 is 19.2 Å². The van der Waals surface area contributed by atoms with E-state index in [2.05, 4.69) is 6.58 Å². The molecule has 0 aliphatic heterocycles. The maximum Gasteiger partial charge on any atom is 0.330 e. The molecular weight excluding hydrogens is 241 g/mol. The molecule has 1 unspecified atom stereocenters. The molecule has 5 nitrogen and oxygen atoms in total. The molecule has 1 atom stereocenters. The van der Waals surface area contributed by atoms with Crippen molar-refractivity contribution in [1.82, 2.24) is 0 Å². The molecule has 0 rings (SSSR count). The molecule has 17 heavy (non-hydrogen) atoms. The van der Waals surface area contributed by atoms with Crippen molar-refractivity contribution in [2.75, 3.05) is 47.6 Å². The van der Waals surface area contributed by atoms with Crippen LogP contribution in [0.2, 0.25) is 0 Å². The Bertz CT molecular complexity index is 307. The van der Waals surface area contributed by atoms with Gasteiger partial charge in [-0.3, -0.25) is 0 Å². The average Bonchev–Trinajstić information content (AvgIpc) is 2.24. The van der Waals surface area contributed by atoms with Gasteiger partial charge in [-0.25, -0.2) is 4.79 Å². The highest BCUT2D eigenvalue weighted by Gasteiger charge is 2.19. The lowest BCUT2D eigenvalue weighted by atomic mass is 10.5. The van der Waals surface area contributed by atoms with Gasteiger partial charge in [0.05, 0.1) is 28.9 Å². The smallest absolute Gasteiger partial charge is 0.330 e. The maximum atomic E-state index is 11.9. The summed E-state index contributed by atoms with van der Waals surface area (Å²) in [5, 5.41) is 0. The summed E-state index contributed by atoms with van der Waals surface area (Å²) in [7, 11) is 5.84. The molecule has 0 saturated heterocycles. The zero-order valence-electron chi connectivity index (χ0n) is 10.9. The topological polar surface area (TPSA) is 58.6 Å². The quantitative estimate of drug-likeness (QED) is 0.279. The summed E-state index contributed by atoms with van der Waals surface area (Å²) < 4.78 is 10.5. The molecule has 6 heteroatoms. The number of ether oxygens (including phenoxy) is 2. The van der Waals surface area contributed by atoms with Crippen LogP contribution in [0, 0.1) is 0 Å². The molecule has 0 N–H and O–H groups in total.